The zero-order chi connectivity index (χ0) is 26.5. The van der Waals surface area contributed by atoms with Crippen molar-refractivity contribution in [2.45, 2.75) is 58.9 Å². The molecule has 0 saturated carbocycles. The molecule has 1 aromatic heterocycles. The van der Waals surface area contributed by atoms with E-state index in [9.17, 15) is 9.59 Å². The van der Waals surface area contributed by atoms with Crippen LogP contribution in [0.3, 0.4) is 0 Å². The van der Waals surface area contributed by atoms with Gasteiger partial charge in [0.15, 0.2) is 16.9 Å². The van der Waals surface area contributed by atoms with Gasteiger partial charge in [-0.2, -0.15) is 0 Å². The molecule has 7 heteroatoms. The second-order valence-electron chi connectivity index (χ2n) is 9.67. The lowest BCUT2D eigenvalue weighted by Crippen LogP contribution is -2.31. The van der Waals surface area contributed by atoms with Crippen LogP contribution >= 0.6 is 0 Å². The normalized spacial score (nSPS) is 14.9. The number of unbranched alkanes of at least 4 members (excludes halogenated alkanes) is 3. The lowest BCUT2D eigenvalue weighted by Gasteiger charge is -2.25. The second-order valence-corrected chi connectivity index (χ2v) is 9.67. The predicted molar refractivity (Wildman–Crippen MR) is 144 cm³/mol. The van der Waals surface area contributed by atoms with Gasteiger partial charge in [-0.3, -0.25) is 9.59 Å². The average molecular weight is 508 g/mol. The van der Waals surface area contributed by atoms with Crippen LogP contribution in [-0.2, 0) is 4.74 Å². The van der Waals surface area contributed by atoms with E-state index in [0.29, 0.717) is 54.2 Å². The van der Waals surface area contributed by atoms with E-state index in [1.807, 2.05) is 44.2 Å². The lowest BCUT2D eigenvalue weighted by molar-refractivity contribution is 0.0707. The molecule has 0 radical (unpaired) electrons. The summed E-state index contributed by atoms with van der Waals surface area (Å²) in [5.74, 6) is 1.04. The number of carbonyl (C=O) groups excluding carboxylic acids is 1. The van der Waals surface area contributed by atoms with E-state index in [0.717, 1.165) is 29.5 Å². The summed E-state index contributed by atoms with van der Waals surface area (Å²) in [7, 11) is 3.23. The van der Waals surface area contributed by atoms with Crippen molar-refractivity contribution in [1.82, 2.24) is 4.90 Å². The SMILES string of the molecule is CCCCCCOc1ccc(C2c3c(oc4cc(C)c(C)cc4c3=O)C(=O)N2CCCOC)cc1OC. The maximum atomic E-state index is 13.8. The highest BCUT2D eigenvalue weighted by Crippen LogP contribution is 2.41. The summed E-state index contributed by atoms with van der Waals surface area (Å²) in [4.78, 5) is 29.1. The minimum absolute atomic E-state index is 0.110. The van der Waals surface area contributed by atoms with E-state index < -0.39 is 6.04 Å². The zero-order valence-corrected chi connectivity index (χ0v) is 22.5. The number of ether oxygens (including phenoxy) is 3. The Kier molecular flexibility index (Phi) is 8.54. The van der Waals surface area contributed by atoms with Crippen molar-refractivity contribution < 1.29 is 23.4 Å². The third kappa shape index (κ3) is 5.37. The predicted octanol–water partition coefficient (Wildman–Crippen LogP) is 5.96. The van der Waals surface area contributed by atoms with Gasteiger partial charge in [0, 0.05) is 20.3 Å². The monoisotopic (exact) mass is 507 g/mol. The number of carbonyl (C=O) groups is 1. The van der Waals surface area contributed by atoms with E-state index in [1.165, 1.54) is 12.8 Å². The van der Waals surface area contributed by atoms with Gasteiger partial charge in [0.1, 0.15) is 5.58 Å². The largest absolute Gasteiger partial charge is 0.493 e. The molecule has 4 rings (SSSR count). The highest BCUT2D eigenvalue weighted by atomic mass is 16.5. The van der Waals surface area contributed by atoms with Gasteiger partial charge in [-0.25, -0.2) is 0 Å². The molecule has 3 aromatic rings. The molecule has 0 bridgehead atoms. The molecular formula is C30H37NO6. The molecule has 7 nitrogen and oxygen atoms in total. The molecule has 0 N–H and O–H groups in total. The first kappa shape index (κ1) is 26.7. The molecule has 1 aliphatic heterocycles. The van der Waals surface area contributed by atoms with Crippen LogP contribution in [0.2, 0.25) is 0 Å². The van der Waals surface area contributed by atoms with Gasteiger partial charge >= 0.3 is 0 Å². The van der Waals surface area contributed by atoms with E-state index >= 15 is 0 Å². The Labute approximate surface area is 218 Å². The van der Waals surface area contributed by atoms with Crippen molar-refractivity contribution in [3.63, 3.8) is 0 Å². The molecule has 1 atom stereocenters. The summed E-state index contributed by atoms with van der Waals surface area (Å²) in [5, 5.41) is 0.484. The van der Waals surface area contributed by atoms with E-state index in [2.05, 4.69) is 6.92 Å². The van der Waals surface area contributed by atoms with Crippen molar-refractivity contribution in [2.75, 3.05) is 34.0 Å². The van der Waals surface area contributed by atoms with Crippen LogP contribution in [0.4, 0.5) is 0 Å². The number of fused-ring (bicyclic) bond motifs is 2. The summed E-state index contributed by atoms with van der Waals surface area (Å²) in [6, 6.07) is 8.72. The smallest absolute Gasteiger partial charge is 0.290 e. The van der Waals surface area contributed by atoms with Gasteiger partial charge in [-0.05, 0) is 67.6 Å². The standard InChI is InChI=1S/C30H37NO6/c1-6-7-8-9-15-36-23-12-11-21(18-25(23)35-5)27-26-28(32)22-16-19(2)20(3)17-24(22)37-29(26)30(33)31(27)13-10-14-34-4/h11-12,16-18,27H,6-10,13-15H2,1-5H3. The molecule has 1 unspecified atom stereocenters. The molecule has 1 amide bonds. The minimum atomic E-state index is -0.589. The summed E-state index contributed by atoms with van der Waals surface area (Å²) < 4.78 is 23.0. The van der Waals surface area contributed by atoms with Gasteiger partial charge in [0.2, 0.25) is 5.76 Å². The minimum Gasteiger partial charge on any atom is -0.493 e. The van der Waals surface area contributed by atoms with Crippen LogP contribution in [0.25, 0.3) is 11.0 Å². The average Bonchev–Trinajstić information content (AvgIpc) is 3.17. The zero-order valence-electron chi connectivity index (χ0n) is 22.5. The quantitative estimate of drug-likeness (QED) is 0.282. The number of aryl methyl sites for hydroxylation is 2. The van der Waals surface area contributed by atoms with Crippen molar-refractivity contribution in [3.05, 3.63) is 68.6 Å². The Hall–Kier alpha value is -3.32. The Morgan fingerprint density at radius 2 is 1.70 bits per heavy atom. The Balaban J connectivity index is 1.77. The maximum Gasteiger partial charge on any atom is 0.290 e. The van der Waals surface area contributed by atoms with Crippen LogP contribution in [0.15, 0.2) is 39.5 Å². The van der Waals surface area contributed by atoms with Crippen LogP contribution in [0.1, 0.15) is 77.9 Å². The molecule has 0 aliphatic carbocycles. The summed E-state index contributed by atoms with van der Waals surface area (Å²) in [6.45, 7) is 7.64. The Morgan fingerprint density at radius 3 is 2.43 bits per heavy atom. The molecule has 0 fully saturated rings. The topological polar surface area (TPSA) is 78.2 Å². The van der Waals surface area contributed by atoms with Crippen LogP contribution < -0.4 is 14.9 Å². The molecule has 1 aliphatic rings. The molecule has 198 valence electrons. The van der Waals surface area contributed by atoms with Gasteiger partial charge < -0.3 is 23.5 Å². The van der Waals surface area contributed by atoms with Gasteiger partial charge in [0.25, 0.3) is 5.91 Å². The van der Waals surface area contributed by atoms with Gasteiger partial charge in [0.05, 0.1) is 30.7 Å². The molecule has 0 spiro atoms. The van der Waals surface area contributed by atoms with Gasteiger partial charge in [-0.1, -0.05) is 32.3 Å². The molecule has 2 heterocycles. The van der Waals surface area contributed by atoms with Crippen LogP contribution in [-0.4, -0.2) is 44.8 Å². The van der Waals surface area contributed by atoms with Gasteiger partial charge in [-0.15, -0.1) is 0 Å². The first-order valence-electron chi connectivity index (χ1n) is 13.1. The fraction of sp³-hybridized carbons (Fsp3) is 0.467. The van der Waals surface area contributed by atoms with E-state index in [-0.39, 0.29) is 17.1 Å². The van der Waals surface area contributed by atoms with Crippen molar-refractivity contribution in [1.29, 1.82) is 0 Å². The number of nitrogens with zero attached hydrogens (tertiary/aromatic N) is 1. The summed E-state index contributed by atoms with van der Waals surface area (Å²) >= 11 is 0. The molecule has 0 saturated heterocycles. The lowest BCUT2D eigenvalue weighted by atomic mass is 9.97. The number of methoxy groups -OCH3 is 2. The fourth-order valence-corrected chi connectivity index (χ4v) is 4.92. The highest BCUT2D eigenvalue weighted by molar-refractivity contribution is 5.99. The number of benzene rings is 2. The first-order chi connectivity index (χ1) is 17.9. The third-order valence-corrected chi connectivity index (χ3v) is 7.09. The van der Waals surface area contributed by atoms with Crippen molar-refractivity contribution in [3.8, 4) is 11.5 Å². The van der Waals surface area contributed by atoms with E-state index in [1.54, 1.807) is 19.1 Å². The highest BCUT2D eigenvalue weighted by Gasteiger charge is 2.42. The molecular weight excluding hydrogens is 470 g/mol. The third-order valence-electron chi connectivity index (χ3n) is 7.09. The Morgan fingerprint density at radius 1 is 0.919 bits per heavy atom. The summed E-state index contributed by atoms with van der Waals surface area (Å²) in [6.07, 6.45) is 5.09. The Bertz CT molecular complexity index is 1330. The van der Waals surface area contributed by atoms with E-state index in [4.69, 9.17) is 18.6 Å². The second kappa shape index (κ2) is 11.8. The fourth-order valence-electron chi connectivity index (χ4n) is 4.92. The first-order valence-corrected chi connectivity index (χ1v) is 13.1. The number of amides is 1. The summed E-state index contributed by atoms with van der Waals surface area (Å²) in [5.41, 5.74) is 3.40. The van der Waals surface area contributed by atoms with Crippen LogP contribution in [0.5, 0.6) is 11.5 Å². The number of rotatable bonds is 12. The van der Waals surface area contributed by atoms with Crippen molar-refractivity contribution in [2.24, 2.45) is 0 Å². The number of hydrogen-bond acceptors (Lipinski definition) is 6. The number of hydrogen-bond donors (Lipinski definition) is 0. The van der Waals surface area contributed by atoms with Crippen LogP contribution in [0, 0.1) is 13.8 Å². The molecule has 2 aromatic carbocycles. The van der Waals surface area contributed by atoms with Crippen molar-refractivity contribution >= 4 is 16.9 Å². The molecule has 37 heavy (non-hydrogen) atoms. The maximum absolute atomic E-state index is 13.8.